The van der Waals surface area contributed by atoms with Gasteiger partial charge in [-0.1, -0.05) is 6.42 Å². The van der Waals surface area contributed by atoms with Crippen LogP contribution in [0, 0.1) is 5.92 Å². The molecule has 3 heterocycles. The van der Waals surface area contributed by atoms with Crippen LogP contribution in [0.1, 0.15) is 26.2 Å². The van der Waals surface area contributed by atoms with Crippen molar-refractivity contribution in [3.8, 4) is 0 Å². The van der Waals surface area contributed by atoms with Crippen LogP contribution in [-0.4, -0.2) is 65.8 Å². The van der Waals surface area contributed by atoms with Gasteiger partial charge < -0.3 is 29.5 Å². The second-order valence-corrected chi connectivity index (χ2v) is 5.44. The van der Waals surface area contributed by atoms with Gasteiger partial charge in [0.25, 0.3) is 0 Å². The fourth-order valence-electron chi connectivity index (χ4n) is 2.68. The molecule has 0 radical (unpaired) electrons. The highest BCUT2D eigenvalue weighted by Crippen LogP contribution is 2.32. The highest BCUT2D eigenvalue weighted by Gasteiger charge is 2.45. The summed E-state index contributed by atoms with van der Waals surface area (Å²) in [5.74, 6) is -0.151. The molecule has 0 amide bonds. The maximum absolute atomic E-state index is 10.2. The van der Waals surface area contributed by atoms with E-state index in [0.717, 1.165) is 19.3 Å². The van der Waals surface area contributed by atoms with E-state index in [1.165, 1.54) is 0 Å². The van der Waals surface area contributed by atoms with Gasteiger partial charge in [0, 0.05) is 12.5 Å². The maximum Gasteiger partial charge on any atom is 0.186 e. The molecule has 3 fully saturated rings. The maximum atomic E-state index is 10.2. The first-order chi connectivity index (χ1) is 9.09. The molecule has 0 aromatic rings. The SMILES string of the molecule is CC(O)COCC1OC2OCCCCC1C(O)C2O. The first-order valence-corrected chi connectivity index (χ1v) is 6.98. The molecule has 6 atom stereocenters. The molecule has 3 rings (SSSR count). The van der Waals surface area contributed by atoms with Crippen LogP contribution in [0.25, 0.3) is 0 Å². The van der Waals surface area contributed by atoms with Crippen molar-refractivity contribution in [2.45, 2.75) is 56.9 Å². The van der Waals surface area contributed by atoms with E-state index < -0.39 is 24.6 Å². The van der Waals surface area contributed by atoms with E-state index in [1.54, 1.807) is 6.92 Å². The van der Waals surface area contributed by atoms with Crippen molar-refractivity contribution in [1.29, 1.82) is 0 Å². The standard InChI is InChI=1S/C13H24O6/c1-8(14)6-17-7-10-9-4-2-3-5-18-13(19-10)12(16)11(9)15/h8-16H,2-7H2,1H3. The smallest absolute Gasteiger partial charge is 0.186 e. The van der Waals surface area contributed by atoms with Crippen molar-refractivity contribution in [2.24, 2.45) is 5.92 Å². The molecular weight excluding hydrogens is 252 g/mol. The number of fused-ring (bicyclic) bond motifs is 6. The largest absolute Gasteiger partial charge is 0.391 e. The summed E-state index contributed by atoms with van der Waals surface area (Å²) in [4.78, 5) is 0. The van der Waals surface area contributed by atoms with Gasteiger partial charge in [0.05, 0.1) is 31.5 Å². The predicted octanol–water partition coefficient (Wildman–Crippen LogP) is -0.353. The Kier molecular flexibility index (Phi) is 5.56. The van der Waals surface area contributed by atoms with Crippen molar-refractivity contribution in [3.05, 3.63) is 0 Å². The normalized spacial score (nSPS) is 41.4. The molecule has 6 nitrogen and oxygen atoms in total. The van der Waals surface area contributed by atoms with Gasteiger partial charge in [0.15, 0.2) is 6.29 Å². The van der Waals surface area contributed by atoms with Gasteiger partial charge in [-0.3, -0.25) is 0 Å². The van der Waals surface area contributed by atoms with E-state index in [-0.39, 0.29) is 18.6 Å². The summed E-state index contributed by atoms with van der Waals surface area (Å²) in [6.45, 7) is 2.70. The molecule has 3 aliphatic rings. The first-order valence-electron chi connectivity index (χ1n) is 6.98. The summed E-state index contributed by atoms with van der Waals surface area (Å²) in [5.41, 5.74) is 0. The Morgan fingerprint density at radius 2 is 2.05 bits per heavy atom. The monoisotopic (exact) mass is 276 g/mol. The van der Waals surface area contributed by atoms with Crippen molar-refractivity contribution in [2.75, 3.05) is 19.8 Å². The topological polar surface area (TPSA) is 88.4 Å². The van der Waals surface area contributed by atoms with Crippen molar-refractivity contribution in [3.63, 3.8) is 0 Å². The van der Waals surface area contributed by atoms with Crippen LogP contribution in [0.2, 0.25) is 0 Å². The van der Waals surface area contributed by atoms with E-state index in [2.05, 4.69) is 0 Å². The van der Waals surface area contributed by atoms with Gasteiger partial charge in [-0.15, -0.1) is 0 Å². The molecule has 19 heavy (non-hydrogen) atoms. The van der Waals surface area contributed by atoms with Crippen molar-refractivity contribution < 1.29 is 29.5 Å². The zero-order chi connectivity index (χ0) is 13.8. The minimum absolute atomic E-state index is 0.151. The first kappa shape index (κ1) is 15.2. The lowest BCUT2D eigenvalue weighted by Gasteiger charge is -2.41. The zero-order valence-electron chi connectivity index (χ0n) is 11.3. The summed E-state index contributed by atoms with van der Waals surface area (Å²) in [6.07, 6.45) is -0.871. The van der Waals surface area contributed by atoms with Crippen molar-refractivity contribution >= 4 is 0 Å². The van der Waals surface area contributed by atoms with Gasteiger partial charge >= 0.3 is 0 Å². The molecule has 0 aliphatic carbocycles. The van der Waals surface area contributed by atoms with Crippen LogP contribution in [-0.2, 0) is 14.2 Å². The third kappa shape index (κ3) is 3.87. The number of rotatable bonds is 4. The fourth-order valence-corrected chi connectivity index (χ4v) is 2.68. The van der Waals surface area contributed by atoms with Crippen LogP contribution < -0.4 is 0 Å². The van der Waals surface area contributed by atoms with Gasteiger partial charge in [0.1, 0.15) is 6.10 Å². The van der Waals surface area contributed by atoms with Crippen molar-refractivity contribution in [1.82, 2.24) is 0 Å². The van der Waals surface area contributed by atoms with Gasteiger partial charge in [-0.25, -0.2) is 0 Å². The summed E-state index contributed by atoms with van der Waals surface area (Å²) >= 11 is 0. The number of ether oxygens (including phenoxy) is 3. The molecule has 0 aromatic carbocycles. The number of hydrogen-bond donors (Lipinski definition) is 3. The summed E-state index contributed by atoms with van der Waals surface area (Å²) in [6, 6.07) is 0. The minimum atomic E-state index is -1.00. The van der Waals surface area contributed by atoms with Gasteiger partial charge in [0.2, 0.25) is 0 Å². The number of aliphatic hydroxyl groups is 3. The third-order valence-electron chi connectivity index (χ3n) is 3.71. The van der Waals surface area contributed by atoms with Gasteiger partial charge in [-0.2, -0.15) is 0 Å². The van der Waals surface area contributed by atoms with Crippen LogP contribution >= 0.6 is 0 Å². The summed E-state index contributed by atoms with van der Waals surface area (Å²) in [7, 11) is 0. The van der Waals surface area contributed by atoms with Crippen LogP contribution in [0.3, 0.4) is 0 Å². The third-order valence-corrected chi connectivity index (χ3v) is 3.71. The highest BCUT2D eigenvalue weighted by molar-refractivity contribution is 4.89. The average molecular weight is 276 g/mol. The quantitative estimate of drug-likeness (QED) is 0.650. The second kappa shape index (κ2) is 6.97. The molecule has 3 aliphatic heterocycles. The number of aliphatic hydroxyl groups excluding tert-OH is 3. The van der Waals surface area contributed by atoms with E-state index in [9.17, 15) is 15.3 Å². The molecule has 3 N–H and O–H groups in total. The molecular formula is C13H24O6. The average Bonchev–Trinajstić information content (AvgIpc) is 2.49. The Morgan fingerprint density at radius 1 is 1.26 bits per heavy atom. The zero-order valence-corrected chi connectivity index (χ0v) is 11.3. The van der Waals surface area contributed by atoms with E-state index in [0.29, 0.717) is 13.2 Å². The Labute approximate surface area is 113 Å². The Morgan fingerprint density at radius 3 is 2.79 bits per heavy atom. The van der Waals surface area contributed by atoms with Crippen LogP contribution in [0.4, 0.5) is 0 Å². The second-order valence-electron chi connectivity index (χ2n) is 5.44. The highest BCUT2D eigenvalue weighted by atomic mass is 16.7. The molecule has 2 bridgehead atoms. The molecule has 112 valence electrons. The lowest BCUT2D eigenvalue weighted by molar-refractivity contribution is -0.289. The van der Waals surface area contributed by atoms with E-state index in [4.69, 9.17) is 14.2 Å². The Bertz CT molecular complexity index is 270. The lowest BCUT2D eigenvalue weighted by Crippen LogP contribution is -2.56. The van der Waals surface area contributed by atoms with E-state index >= 15 is 0 Å². The molecule has 0 aromatic heterocycles. The number of hydrogen-bond acceptors (Lipinski definition) is 6. The molecule has 6 unspecified atom stereocenters. The lowest BCUT2D eigenvalue weighted by atomic mass is 9.85. The minimum Gasteiger partial charge on any atom is -0.391 e. The Hall–Kier alpha value is -0.240. The van der Waals surface area contributed by atoms with Crippen LogP contribution in [0.5, 0.6) is 0 Å². The molecule has 0 spiro atoms. The molecule has 3 saturated heterocycles. The summed E-state index contributed by atoms with van der Waals surface area (Å²) < 4.78 is 16.5. The molecule has 0 saturated carbocycles. The predicted molar refractivity (Wildman–Crippen MR) is 66.5 cm³/mol. The Balaban J connectivity index is 1.98. The molecule has 6 heteroatoms. The van der Waals surface area contributed by atoms with E-state index in [1.807, 2.05) is 0 Å². The fraction of sp³-hybridized carbons (Fsp3) is 1.00. The van der Waals surface area contributed by atoms with Crippen LogP contribution in [0.15, 0.2) is 0 Å². The van der Waals surface area contributed by atoms with Gasteiger partial charge in [-0.05, 0) is 19.8 Å². The summed E-state index contributed by atoms with van der Waals surface area (Å²) in [5, 5.41) is 29.3.